The summed E-state index contributed by atoms with van der Waals surface area (Å²) in [5.74, 6) is -1.21. The van der Waals surface area contributed by atoms with Crippen LogP contribution in [0.4, 0.5) is 10.5 Å². The molecule has 0 aromatic heterocycles. The summed E-state index contributed by atoms with van der Waals surface area (Å²) in [7, 11) is 0. The van der Waals surface area contributed by atoms with E-state index in [1.807, 2.05) is 24.3 Å². The van der Waals surface area contributed by atoms with Gasteiger partial charge in [-0.05, 0) is 45.9 Å². The lowest BCUT2D eigenvalue weighted by molar-refractivity contribution is -0.138. The van der Waals surface area contributed by atoms with Crippen LogP contribution in [0.15, 0.2) is 72.8 Å². The van der Waals surface area contributed by atoms with Crippen LogP contribution in [-0.2, 0) is 20.7 Å². The van der Waals surface area contributed by atoms with Gasteiger partial charge in [0.1, 0.15) is 6.61 Å². The third kappa shape index (κ3) is 6.06. The van der Waals surface area contributed by atoms with Gasteiger partial charge < -0.3 is 15.2 Å². The third-order valence-corrected chi connectivity index (χ3v) is 6.08. The van der Waals surface area contributed by atoms with E-state index in [0.717, 1.165) is 16.7 Å². The number of fused-ring (bicyclic) bond motifs is 3. The maximum absolute atomic E-state index is 12.4. The van der Waals surface area contributed by atoms with Crippen molar-refractivity contribution in [3.05, 3.63) is 89.5 Å². The predicted molar refractivity (Wildman–Crippen MR) is 133 cm³/mol. The van der Waals surface area contributed by atoms with Gasteiger partial charge in [0, 0.05) is 24.6 Å². The van der Waals surface area contributed by atoms with Crippen LogP contribution in [0.5, 0.6) is 0 Å². The Bertz CT molecular complexity index is 1180. The van der Waals surface area contributed by atoms with E-state index in [9.17, 15) is 14.4 Å². The molecule has 1 atom stereocenters. The number of carboxylic acid groups (broad SMARTS) is 1. The Hall–Kier alpha value is -4.13. The zero-order valence-electron chi connectivity index (χ0n) is 19.5. The van der Waals surface area contributed by atoms with Crippen LogP contribution in [0.3, 0.4) is 0 Å². The highest BCUT2D eigenvalue weighted by Gasteiger charge is 2.29. The van der Waals surface area contributed by atoms with Crippen LogP contribution in [0, 0.1) is 5.92 Å². The van der Waals surface area contributed by atoms with Gasteiger partial charge in [0.15, 0.2) is 0 Å². The van der Waals surface area contributed by atoms with Crippen molar-refractivity contribution in [3.8, 4) is 11.1 Å². The summed E-state index contributed by atoms with van der Waals surface area (Å²) in [6.07, 6.45) is -0.355. The number of hydrogen-bond acceptors (Lipinski definition) is 4. The van der Waals surface area contributed by atoms with E-state index in [-0.39, 0.29) is 37.2 Å². The van der Waals surface area contributed by atoms with Crippen molar-refractivity contribution in [2.45, 2.75) is 25.7 Å². The molecule has 35 heavy (non-hydrogen) atoms. The Balaban J connectivity index is 1.27. The smallest absolute Gasteiger partial charge is 0.411 e. The average Bonchev–Trinajstić information content (AvgIpc) is 3.16. The Labute approximate surface area is 204 Å². The molecular formula is C28H28N2O5. The molecule has 0 fully saturated rings. The Morgan fingerprint density at radius 1 is 0.914 bits per heavy atom. The molecule has 2 amide bonds. The lowest BCUT2D eigenvalue weighted by atomic mass is 9.98. The van der Waals surface area contributed by atoms with E-state index in [2.05, 4.69) is 34.9 Å². The molecule has 0 radical (unpaired) electrons. The van der Waals surface area contributed by atoms with Crippen molar-refractivity contribution in [2.24, 2.45) is 5.92 Å². The number of nitrogens with one attached hydrogen (secondary N) is 2. The van der Waals surface area contributed by atoms with E-state index in [0.29, 0.717) is 12.2 Å². The van der Waals surface area contributed by atoms with E-state index in [1.165, 1.54) is 11.1 Å². The van der Waals surface area contributed by atoms with Crippen molar-refractivity contribution >= 4 is 23.7 Å². The second-order valence-electron chi connectivity index (χ2n) is 8.83. The number of amides is 2. The number of carboxylic acids is 1. The summed E-state index contributed by atoms with van der Waals surface area (Å²) in [6.45, 7) is 2.32. The Morgan fingerprint density at radius 2 is 1.51 bits per heavy atom. The number of carbonyl (C=O) groups is 3. The molecule has 0 spiro atoms. The van der Waals surface area contributed by atoms with Crippen molar-refractivity contribution in [1.29, 1.82) is 0 Å². The largest absolute Gasteiger partial charge is 0.481 e. The lowest BCUT2D eigenvalue weighted by Gasteiger charge is -2.14. The first-order chi connectivity index (χ1) is 16.9. The van der Waals surface area contributed by atoms with Gasteiger partial charge in [-0.15, -0.1) is 0 Å². The summed E-state index contributed by atoms with van der Waals surface area (Å²) in [5.41, 5.74) is 6.01. The van der Waals surface area contributed by atoms with Crippen LogP contribution >= 0.6 is 0 Å². The molecule has 1 aliphatic carbocycles. The molecule has 0 bridgehead atoms. The van der Waals surface area contributed by atoms with E-state index in [1.54, 1.807) is 31.2 Å². The van der Waals surface area contributed by atoms with Crippen molar-refractivity contribution in [2.75, 3.05) is 18.5 Å². The number of ether oxygens (including phenoxy) is 1. The van der Waals surface area contributed by atoms with Crippen molar-refractivity contribution < 1.29 is 24.2 Å². The maximum Gasteiger partial charge on any atom is 0.411 e. The topological polar surface area (TPSA) is 105 Å². The fourth-order valence-electron chi connectivity index (χ4n) is 4.36. The normalized spacial score (nSPS) is 12.8. The van der Waals surface area contributed by atoms with E-state index < -0.39 is 12.1 Å². The third-order valence-electron chi connectivity index (χ3n) is 6.08. The minimum Gasteiger partial charge on any atom is -0.481 e. The average molecular weight is 473 g/mol. The standard InChI is InChI=1S/C28H28N2O5/c1-18(14-27(32)33)16-29-26(31)15-19-10-12-20(13-11-19)30-28(34)35-17-25-23-8-4-2-6-21(23)22-7-3-5-9-24(22)25/h2-13,18,25H,14-17H2,1H3,(H,29,31)(H,30,34)(H,32,33). The first kappa shape index (κ1) is 24.0. The van der Waals surface area contributed by atoms with Gasteiger partial charge in [0.2, 0.25) is 5.91 Å². The number of aliphatic carboxylic acids is 1. The van der Waals surface area contributed by atoms with Gasteiger partial charge in [-0.3, -0.25) is 14.9 Å². The summed E-state index contributed by atoms with van der Waals surface area (Å²) in [6, 6.07) is 23.3. The molecule has 3 N–H and O–H groups in total. The molecule has 3 aromatic rings. The van der Waals surface area contributed by atoms with E-state index in [4.69, 9.17) is 9.84 Å². The van der Waals surface area contributed by atoms with Gasteiger partial charge in [-0.25, -0.2) is 4.79 Å². The first-order valence-electron chi connectivity index (χ1n) is 11.6. The SMILES string of the molecule is CC(CNC(=O)Cc1ccc(NC(=O)OCC2c3ccccc3-c3ccccc32)cc1)CC(=O)O. The molecule has 7 heteroatoms. The fraction of sp³-hybridized carbons (Fsp3) is 0.250. The molecule has 7 nitrogen and oxygen atoms in total. The van der Waals surface area contributed by atoms with Crippen molar-refractivity contribution in [1.82, 2.24) is 5.32 Å². The fourth-order valence-corrected chi connectivity index (χ4v) is 4.36. The Morgan fingerprint density at radius 3 is 2.11 bits per heavy atom. The predicted octanol–water partition coefficient (Wildman–Crippen LogP) is 4.82. The van der Waals surface area contributed by atoms with Crippen LogP contribution in [0.1, 0.15) is 36.0 Å². The summed E-state index contributed by atoms with van der Waals surface area (Å²) >= 11 is 0. The zero-order chi connectivity index (χ0) is 24.8. The van der Waals surface area contributed by atoms with E-state index >= 15 is 0 Å². The quantitative estimate of drug-likeness (QED) is 0.414. The zero-order valence-corrected chi connectivity index (χ0v) is 19.5. The molecule has 0 heterocycles. The second kappa shape index (κ2) is 10.9. The summed E-state index contributed by atoms with van der Waals surface area (Å²) in [5, 5.41) is 14.3. The summed E-state index contributed by atoms with van der Waals surface area (Å²) < 4.78 is 5.56. The monoisotopic (exact) mass is 472 g/mol. The van der Waals surface area contributed by atoms with Gasteiger partial charge in [0.25, 0.3) is 0 Å². The molecule has 4 rings (SSSR count). The number of rotatable bonds is 9. The molecule has 1 unspecified atom stereocenters. The number of benzene rings is 3. The maximum atomic E-state index is 12.4. The molecule has 3 aromatic carbocycles. The van der Waals surface area contributed by atoms with Crippen LogP contribution < -0.4 is 10.6 Å². The van der Waals surface area contributed by atoms with Gasteiger partial charge in [-0.2, -0.15) is 0 Å². The number of carbonyl (C=O) groups excluding carboxylic acids is 2. The molecule has 0 saturated carbocycles. The second-order valence-corrected chi connectivity index (χ2v) is 8.83. The number of hydrogen-bond donors (Lipinski definition) is 3. The van der Waals surface area contributed by atoms with Gasteiger partial charge >= 0.3 is 12.1 Å². The molecule has 1 aliphatic rings. The van der Waals surface area contributed by atoms with Crippen molar-refractivity contribution in [3.63, 3.8) is 0 Å². The number of anilines is 1. The minimum absolute atomic E-state index is 0.00717. The lowest BCUT2D eigenvalue weighted by Crippen LogP contribution is -2.30. The highest BCUT2D eigenvalue weighted by atomic mass is 16.5. The molecular weight excluding hydrogens is 444 g/mol. The highest BCUT2D eigenvalue weighted by molar-refractivity contribution is 5.85. The Kier molecular flexibility index (Phi) is 7.45. The molecule has 180 valence electrons. The highest BCUT2D eigenvalue weighted by Crippen LogP contribution is 2.44. The summed E-state index contributed by atoms with van der Waals surface area (Å²) in [4.78, 5) is 35.3. The minimum atomic E-state index is -0.883. The van der Waals surface area contributed by atoms with Crippen LogP contribution in [0.2, 0.25) is 0 Å². The molecule has 0 aliphatic heterocycles. The van der Waals surface area contributed by atoms with Gasteiger partial charge in [0.05, 0.1) is 6.42 Å². The van der Waals surface area contributed by atoms with Crippen LogP contribution in [-0.4, -0.2) is 36.2 Å². The molecule has 0 saturated heterocycles. The first-order valence-corrected chi connectivity index (χ1v) is 11.6. The van der Waals surface area contributed by atoms with Gasteiger partial charge in [-0.1, -0.05) is 67.6 Å². The van der Waals surface area contributed by atoms with Crippen LogP contribution in [0.25, 0.3) is 11.1 Å².